The first-order valence-corrected chi connectivity index (χ1v) is 21.7. The van der Waals surface area contributed by atoms with Crippen LogP contribution in [0, 0.1) is 0 Å². The lowest BCUT2D eigenvalue weighted by Gasteiger charge is -2.50. The molecule has 0 radical (unpaired) electrons. The van der Waals surface area contributed by atoms with Crippen molar-refractivity contribution >= 4 is 46.4 Å². The Kier molecular flexibility index (Phi) is 15.9. The van der Waals surface area contributed by atoms with Gasteiger partial charge in [0.2, 0.25) is 0 Å². The van der Waals surface area contributed by atoms with Gasteiger partial charge in [-0.25, -0.2) is 0 Å². The molecule has 0 amide bonds. The van der Waals surface area contributed by atoms with E-state index < -0.39 is 67.7 Å². The van der Waals surface area contributed by atoms with Gasteiger partial charge in [-0.3, -0.25) is 0 Å². The molecule has 3 heterocycles. The van der Waals surface area contributed by atoms with Gasteiger partial charge in [0, 0.05) is 25.7 Å². The van der Waals surface area contributed by atoms with Gasteiger partial charge < -0.3 is 52.8 Å². The smallest absolute Gasteiger partial charge is 0.187 e. The second kappa shape index (κ2) is 21.7. The molecule has 5 aromatic carbocycles. The molecule has 3 aliphatic heterocycles. The Labute approximate surface area is 380 Å². The molecular formula is C47H46Cl4O11. The van der Waals surface area contributed by atoms with E-state index in [0.29, 0.717) is 20.1 Å². The van der Waals surface area contributed by atoms with Crippen molar-refractivity contribution in [3.8, 4) is 0 Å². The topological polar surface area (TPSA) is 124 Å². The maximum absolute atomic E-state index is 11.6. The van der Waals surface area contributed by atoms with Crippen LogP contribution in [-0.2, 0) is 69.1 Å². The lowest BCUT2D eigenvalue weighted by molar-refractivity contribution is -0.394. The van der Waals surface area contributed by atoms with Gasteiger partial charge in [0.15, 0.2) is 18.9 Å². The summed E-state index contributed by atoms with van der Waals surface area (Å²) in [6.45, 7) is 0.728. The van der Waals surface area contributed by atoms with Gasteiger partial charge >= 0.3 is 0 Å². The first-order chi connectivity index (χ1) is 30.2. The van der Waals surface area contributed by atoms with Crippen LogP contribution < -0.4 is 0 Å². The molecule has 11 atom stereocenters. The fraction of sp³-hybridized carbons (Fsp3) is 0.362. The molecule has 0 bridgehead atoms. The fourth-order valence-electron chi connectivity index (χ4n) is 7.55. The lowest BCUT2D eigenvalue weighted by Crippen LogP contribution is -2.66. The largest absolute Gasteiger partial charge is 0.385 e. The Morgan fingerprint density at radius 1 is 0.516 bits per heavy atom. The maximum atomic E-state index is 11.6. The normalized spacial score (nSPS) is 28.6. The van der Waals surface area contributed by atoms with Crippen molar-refractivity contribution in [3.63, 3.8) is 0 Å². The third-order valence-corrected chi connectivity index (χ3v) is 11.8. The molecule has 8 rings (SSSR count). The van der Waals surface area contributed by atoms with E-state index in [2.05, 4.69) is 0 Å². The molecule has 3 unspecified atom stereocenters. The fourth-order valence-corrected chi connectivity index (χ4v) is 8.05. The predicted molar refractivity (Wildman–Crippen MR) is 232 cm³/mol. The number of rotatable bonds is 16. The van der Waals surface area contributed by atoms with Gasteiger partial charge in [0.25, 0.3) is 0 Å². The first kappa shape index (κ1) is 45.4. The van der Waals surface area contributed by atoms with Gasteiger partial charge in [-0.2, -0.15) is 0 Å². The van der Waals surface area contributed by atoms with Crippen molar-refractivity contribution in [1.29, 1.82) is 0 Å². The summed E-state index contributed by atoms with van der Waals surface area (Å²) in [5.41, 5.74) is 4.18. The minimum Gasteiger partial charge on any atom is -0.385 e. The van der Waals surface area contributed by atoms with Crippen molar-refractivity contribution in [2.24, 2.45) is 0 Å². The van der Waals surface area contributed by atoms with Crippen LogP contribution in [0.3, 0.4) is 0 Å². The van der Waals surface area contributed by atoms with Gasteiger partial charge in [-0.1, -0.05) is 125 Å². The highest BCUT2D eigenvalue weighted by molar-refractivity contribution is 6.31. The Hall–Kier alpha value is -3.18. The number of aliphatic hydroxyl groups is 2. The average molecular weight is 929 g/mol. The van der Waals surface area contributed by atoms with Crippen LogP contribution in [-0.4, -0.2) is 84.8 Å². The van der Waals surface area contributed by atoms with Crippen LogP contribution in [0.25, 0.3) is 0 Å². The van der Waals surface area contributed by atoms with Crippen LogP contribution in [0.5, 0.6) is 0 Å². The SMILES string of the molecule is OC1O[C@@H]2COC(c3ccccc3)O[C@@H]2[C@H](OC2O[C@H](COCc3ccc(Cl)cc3)[C@H](OCc3ccc(Cl)cc3)[C@H](OCc3ccc(Cl)cc3)[C@H]2OCc2ccc(Cl)cc2)[C@H]1O. The molecule has 3 saturated heterocycles. The monoisotopic (exact) mass is 926 g/mol. The molecule has 328 valence electrons. The average Bonchev–Trinajstić information content (AvgIpc) is 3.29. The Morgan fingerprint density at radius 2 is 1.00 bits per heavy atom. The highest BCUT2D eigenvalue weighted by Gasteiger charge is 2.55. The number of aliphatic hydroxyl groups excluding tert-OH is 2. The molecule has 62 heavy (non-hydrogen) atoms. The van der Waals surface area contributed by atoms with E-state index in [9.17, 15) is 10.2 Å². The number of benzene rings is 5. The highest BCUT2D eigenvalue weighted by Crippen LogP contribution is 2.38. The van der Waals surface area contributed by atoms with Crippen molar-refractivity contribution in [1.82, 2.24) is 0 Å². The molecule has 0 saturated carbocycles. The highest BCUT2D eigenvalue weighted by atomic mass is 35.5. The van der Waals surface area contributed by atoms with E-state index in [-0.39, 0.29) is 39.6 Å². The van der Waals surface area contributed by atoms with Gasteiger partial charge in [0.1, 0.15) is 48.8 Å². The molecular weight excluding hydrogens is 882 g/mol. The molecule has 11 nitrogen and oxygen atoms in total. The third kappa shape index (κ3) is 11.7. The van der Waals surface area contributed by atoms with Crippen LogP contribution in [0.4, 0.5) is 0 Å². The van der Waals surface area contributed by atoms with Gasteiger partial charge in [-0.15, -0.1) is 0 Å². The predicted octanol–water partition coefficient (Wildman–Crippen LogP) is 8.88. The van der Waals surface area contributed by atoms with E-state index in [4.69, 9.17) is 89.0 Å². The molecule has 15 heteroatoms. The summed E-state index contributed by atoms with van der Waals surface area (Å²) in [6.07, 6.45) is -11.6. The summed E-state index contributed by atoms with van der Waals surface area (Å²) >= 11 is 24.9. The summed E-state index contributed by atoms with van der Waals surface area (Å²) in [4.78, 5) is 0. The van der Waals surface area contributed by atoms with Gasteiger partial charge in [0.05, 0.1) is 39.6 Å². The van der Waals surface area contributed by atoms with E-state index in [1.807, 2.05) is 78.9 Å². The second-order valence-electron chi connectivity index (χ2n) is 15.2. The van der Waals surface area contributed by atoms with Crippen LogP contribution >= 0.6 is 46.4 Å². The second-order valence-corrected chi connectivity index (χ2v) is 17.0. The number of fused-ring (bicyclic) bond motifs is 1. The Morgan fingerprint density at radius 3 is 1.53 bits per heavy atom. The number of hydrogen-bond acceptors (Lipinski definition) is 11. The van der Waals surface area contributed by atoms with Crippen molar-refractivity contribution in [3.05, 3.63) is 175 Å². The number of halogens is 4. The molecule has 3 fully saturated rings. The molecule has 3 aliphatic rings. The Bertz CT molecular complexity index is 2130. The van der Waals surface area contributed by atoms with E-state index in [1.165, 1.54) is 0 Å². The molecule has 0 aliphatic carbocycles. The zero-order valence-electron chi connectivity index (χ0n) is 33.3. The standard InChI is InChI=1S/C47H46Cl4O11/c48-33-14-6-28(7-15-33)22-54-26-37-40(55-23-29-8-16-34(49)17-9-29)43(56-24-30-10-18-35(50)19-11-30)44(57-25-31-12-20-36(51)21-13-31)47(60-37)62-42-39(52)45(53)59-38-27-58-46(61-41(38)42)32-4-2-1-3-5-32/h1-21,37-47,52-53H,22-27H2/t37-,38-,39-,40+,41+,42-,43+,44-,45?,46?,47?/m1/s1. The maximum Gasteiger partial charge on any atom is 0.187 e. The molecule has 5 aromatic rings. The number of ether oxygens (including phenoxy) is 9. The number of hydrogen-bond donors (Lipinski definition) is 2. The summed E-state index contributed by atoms with van der Waals surface area (Å²) in [6, 6.07) is 38.7. The molecule has 0 spiro atoms. The van der Waals surface area contributed by atoms with Crippen LogP contribution in [0.15, 0.2) is 127 Å². The van der Waals surface area contributed by atoms with Crippen molar-refractivity contribution in [2.75, 3.05) is 13.2 Å². The van der Waals surface area contributed by atoms with Crippen molar-refractivity contribution < 1.29 is 52.8 Å². The third-order valence-electron chi connectivity index (χ3n) is 10.8. The van der Waals surface area contributed by atoms with Gasteiger partial charge in [-0.05, 0) is 70.8 Å². The lowest BCUT2D eigenvalue weighted by atomic mass is 9.95. The van der Waals surface area contributed by atoms with E-state index in [0.717, 1.165) is 27.8 Å². The minimum atomic E-state index is -1.62. The molecule has 0 aromatic heterocycles. The summed E-state index contributed by atoms with van der Waals surface area (Å²) in [7, 11) is 0. The van der Waals surface area contributed by atoms with Crippen LogP contribution in [0.1, 0.15) is 34.1 Å². The van der Waals surface area contributed by atoms with E-state index in [1.54, 1.807) is 48.5 Å². The first-order valence-electron chi connectivity index (χ1n) is 20.2. The quantitative estimate of drug-likeness (QED) is 0.0987. The summed E-state index contributed by atoms with van der Waals surface area (Å²) in [5, 5.41) is 25.0. The summed E-state index contributed by atoms with van der Waals surface area (Å²) in [5.74, 6) is 0. The zero-order valence-corrected chi connectivity index (χ0v) is 36.3. The van der Waals surface area contributed by atoms with E-state index >= 15 is 0 Å². The van der Waals surface area contributed by atoms with Crippen LogP contribution in [0.2, 0.25) is 20.1 Å². The minimum absolute atomic E-state index is 0.0317. The Balaban J connectivity index is 1.15. The summed E-state index contributed by atoms with van der Waals surface area (Å²) < 4.78 is 58.7. The van der Waals surface area contributed by atoms with Crippen molar-refractivity contribution in [2.45, 2.75) is 94.1 Å². The zero-order chi connectivity index (χ0) is 43.0. The molecule has 2 N–H and O–H groups in total.